The molecule has 4 rings (SSSR count). The second kappa shape index (κ2) is 9.30. The Labute approximate surface area is 191 Å². The first-order chi connectivity index (χ1) is 15.2. The van der Waals surface area contributed by atoms with E-state index in [0.29, 0.717) is 28.0 Å². The van der Waals surface area contributed by atoms with Crippen molar-refractivity contribution < 1.29 is 18.0 Å². The number of anilines is 1. The van der Waals surface area contributed by atoms with Gasteiger partial charge in [0.25, 0.3) is 11.6 Å². The second-order valence-corrected chi connectivity index (χ2v) is 10.2. The molecule has 1 aliphatic heterocycles. The van der Waals surface area contributed by atoms with E-state index in [1.165, 1.54) is 12.0 Å². The van der Waals surface area contributed by atoms with Crippen molar-refractivity contribution in [1.29, 1.82) is 0 Å². The monoisotopic (exact) mass is 481 g/mol. The SMILES string of the molecule is Cc1nc2nc(C(F)(F)F)nn2c(C)c1CCC(=O)Nc1cccc(C2SCCCS2)c1. The number of nitrogens with one attached hydrogen (secondary N) is 1. The van der Waals surface area contributed by atoms with E-state index in [2.05, 4.69) is 26.4 Å². The maximum absolute atomic E-state index is 12.9. The molecule has 3 heterocycles. The largest absolute Gasteiger partial charge is 0.453 e. The molecule has 32 heavy (non-hydrogen) atoms. The van der Waals surface area contributed by atoms with Gasteiger partial charge in [0.2, 0.25) is 5.91 Å². The lowest BCUT2D eigenvalue weighted by Crippen LogP contribution is -2.14. The fraction of sp³-hybridized carbons (Fsp3) is 0.429. The average Bonchev–Trinajstić information content (AvgIpc) is 3.19. The third-order valence-electron chi connectivity index (χ3n) is 5.17. The molecular formula is C21H22F3N5OS2. The summed E-state index contributed by atoms with van der Waals surface area (Å²) in [5, 5.41) is 6.48. The second-order valence-electron chi connectivity index (χ2n) is 7.51. The number of fused-ring (bicyclic) bond motifs is 1. The zero-order chi connectivity index (χ0) is 22.9. The molecule has 2 aromatic heterocycles. The predicted octanol–water partition coefficient (Wildman–Crippen LogP) is 5.20. The molecule has 1 saturated heterocycles. The fourth-order valence-corrected chi connectivity index (χ4v) is 6.47. The zero-order valence-electron chi connectivity index (χ0n) is 17.6. The van der Waals surface area contributed by atoms with E-state index < -0.39 is 12.0 Å². The molecule has 1 aliphatic rings. The molecule has 0 aliphatic carbocycles. The van der Waals surface area contributed by atoms with E-state index in [-0.39, 0.29) is 18.1 Å². The van der Waals surface area contributed by atoms with Crippen LogP contribution in [0, 0.1) is 13.8 Å². The van der Waals surface area contributed by atoms with Gasteiger partial charge in [-0.1, -0.05) is 12.1 Å². The number of carbonyl (C=O) groups is 1. The van der Waals surface area contributed by atoms with Gasteiger partial charge >= 0.3 is 6.18 Å². The quantitative estimate of drug-likeness (QED) is 0.540. The van der Waals surface area contributed by atoms with E-state index >= 15 is 0 Å². The van der Waals surface area contributed by atoms with Crippen LogP contribution in [0.25, 0.3) is 5.78 Å². The number of rotatable bonds is 5. The molecule has 0 atom stereocenters. The number of benzene rings is 1. The first kappa shape index (κ1) is 22.9. The topological polar surface area (TPSA) is 72.2 Å². The highest BCUT2D eigenvalue weighted by Gasteiger charge is 2.37. The van der Waals surface area contributed by atoms with Crippen LogP contribution in [-0.2, 0) is 17.4 Å². The number of carbonyl (C=O) groups excluding carboxylic acids is 1. The predicted molar refractivity (Wildman–Crippen MR) is 121 cm³/mol. The highest BCUT2D eigenvalue weighted by atomic mass is 32.2. The number of amides is 1. The number of hydrogen-bond donors (Lipinski definition) is 1. The van der Waals surface area contributed by atoms with Crippen LogP contribution < -0.4 is 5.32 Å². The Morgan fingerprint density at radius 2 is 1.97 bits per heavy atom. The first-order valence-electron chi connectivity index (χ1n) is 10.2. The van der Waals surface area contributed by atoms with E-state index in [9.17, 15) is 18.0 Å². The number of aryl methyl sites for hydroxylation is 2. The number of alkyl halides is 3. The van der Waals surface area contributed by atoms with Crippen LogP contribution >= 0.6 is 23.5 Å². The summed E-state index contributed by atoms with van der Waals surface area (Å²) in [6.45, 7) is 3.36. The van der Waals surface area contributed by atoms with Crippen molar-refractivity contribution in [1.82, 2.24) is 19.6 Å². The van der Waals surface area contributed by atoms with Crippen molar-refractivity contribution in [3.05, 3.63) is 52.6 Å². The molecule has 1 fully saturated rings. The number of thioether (sulfide) groups is 2. The average molecular weight is 482 g/mol. The molecule has 1 amide bonds. The van der Waals surface area contributed by atoms with Gasteiger partial charge in [-0.05, 0) is 61.5 Å². The van der Waals surface area contributed by atoms with Crippen LogP contribution in [0.5, 0.6) is 0 Å². The Kier molecular flexibility index (Phi) is 6.66. The number of nitrogens with zero attached hydrogens (tertiary/aromatic N) is 4. The lowest BCUT2D eigenvalue weighted by atomic mass is 10.1. The smallest absolute Gasteiger partial charge is 0.326 e. The summed E-state index contributed by atoms with van der Waals surface area (Å²) in [6, 6.07) is 7.88. The van der Waals surface area contributed by atoms with E-state index in [1.54, 1.807) is 13.8 Å². The molecule has 1 aromatic carbocycles. The maximum atomic E-state index is 12.9. The standard InChI is InChI=1S/C21H22F3N5OS2/c1-12-16(13(2)29-20(25-12)27-19(28-29)21(22,23)24)7-8-17(30)26-15-6-3-5-14(11-15)18-31-9-4-10-32-18/h3,5-6,11,18H,4,7-10H2,1-2H3,(H,26,30). The normalized spacial score (nSPS) is 15.3. The minimum Gasteiger partial charge on any atom is -0.326 e. The number of hydrogen-bond acceptors (Lipinski definition) is 6. The van der Waals surface area contributed by atoms with E-state index in [4.69, 9.17) is 0 Å². The van der Waals surface area contributed by atoms with Crippen LogP contribution in [-0.4, -0.2) is 37.0 Å². The molecule has 0 spiro atoms. The molecule has 170 valence electrons. The van der Waals surface area contributed by atoms with Crippen molar-refractivity contribution in [2.75, 3.05) is 16.8 Å². The Bertz CT molecular complexity index is 1140. The summed E-state index contributed by atoms with van der Waals surface area (Å²) in [5.41, 5.74) is 3.65. The van der Waals surface area contributed by atoms with Gasteiger partial charge in [0, 0.05) is 23.5 Å². The van der Waals surface area contributed by atoms with Gasteiger partial charge in [0.05, 0.1) is 4.58 Å². The molecule has 0 bridgehead atoms. The highest BCUT2D eigenvalue weighted by molar-refractivity contribution is 8.16. The summed E-state index contributed by atoms with van der Waals surface area (Å²) in [4.78, 5) is 20.2. The molecule has 0 saturated carbocycles. The van der Waals surface area contributed by atoms with Gasteiger partial charge in [-0.15, -0.1) is 28.6 Å². The van der Waals surface area contributed by atoms with Crippen LogP contribution in [0.3, 0.4) is 0 Å². The Morgan fingerprint density at radius 1 is 1.22 bits per heavy atom. The first-order valence-corrected chi connectivity index (χ1v) is 12.2. The summed E-state index contributed by atoms with van der Waals surface area (Å²) >= 11 is 3.84. The molecule has 3 aromatic rings. The summed E-state index contributed by atoms with van der Waals surface area (Å²) in [7, 11) is 0. The van der Waals surface area contributed by atoms with E-state index in [1.807, 2.05) is 41.7 Å². The minimum absolute atomic E-state index is 0.101. The molecular weight excluding hydrogens is 459 g/mol. The lowest BCUT2D eigenvalue weighted by molar-refractivity contribution is -0.144. The van der Waals surface area contributed by atoms with Gasteiger partial charge in [0.15, 0.2) is 0 Å². The van der Waals surface area contributed by atoms with Crippen molar-refractivity contribution >= 4 is 40.9 Å². The third-order valence-corrected chi connectivity index (χ3v) is 8.19. The van der Waals surface area contributed by atoms with Crippen molar-refractivity contribution in [2.45, 2.75) is 43.9 Å². The zero-order valence-corrected chi connectivity index (χ0v) is 19.2. The number of halogens is 3. The summed E-state index contributed by atoms with van der Waals surface area (Å²) in [5.74, 6) is 0.787. The van der Waals surface area contributed by atoms with Crippen molar-refractivity contribution in [2.24, 2.45) is 0 Å². The van der Waals surface area contributed by atoms with Crippen LogP contribution in [0.1, 0.15) is 45.8 Å². The molecule has 11 heteroatoms. The van der Waals surface area contributed by atoms with Crippen molar-refractivity contribution in [3.8, 4) is 0 Å². The molecule has 0 radical (unpaired) electrons. The summed E-state index contributed by atoms with van der Waals surface area (Å²) < 4.78 is 40.3. The molecule has 6 nitrogen and oxygen atoms in total. The lowest BCUT2D eigenvalue weighted by Gasteiger charge is -2.21. The van der Waals surface area contributed by atoms with Gasteiger partial charge < -0.3 is 5.32 Å². The van der Waals surface area contributed by atoms with Gasteiger partial charge in [-0.3, -0.25) is 4.79 Å². The maximum Gasteiger partial charge on any atom is 0.453 e. The Balaban J connectivity index is 1.45. The van der Waals surface area contributed by atoms with Gasteiger partial charge in [-0.2, -0.15) is 18.2 Å². The molecule has 1 N–H and O–H groups in total. The van der Waals surface area contributed by atoms with E-state index in [0.717, 1.165) is 21.7 Å². The molecule has 0 unspecified atom stereocenters. The van der Waals surface area contributed by atoms with Gasteiger partial charge in [0.1, 0.15) is 0 Å². The minimum atomic E-state index is -4.64. The van der Waals surface area contributed by atoms with Gasteiger partial charge in [-0.25, -0.2) is 9.50 Å². The van der Waals surface area contributed by atoms with Crippen LogP contribution in [0.15, 0.2) is 24.3 Å². The Hall–Kier alpha value is -2.27. The highest BCUT2D eigenvalue weighted by Crippen LogP contribution is 2.44. The van der Waals surface area contributed by atoms with Crippen LogP contribution in [0.2, 0.25) is 0 Å². The van der Waals surface area contributed by atoms with Crippen molar-refractivity contribution in [3.63, 3.8) is 0 Å². The summed E-state index contributed by atoms with van der Waals surface area (Å²) in [6.07, 6.45) is -2.92. The van der Waals surface area contributed by atoms with Crippen LogP contribution in [0.4, 0.5) is 18.9 Å². The number of aromatic nitrogens is 4. The Morgan fingerprint density at radius 3 is 2.69 bits per heavy atom. The third kappa shape index (κ3) is 5.03. The fourth-order valence-electron chi connectivity index (χ4n) is 3.60.